The van der Waals surface area contributed by atoms with E-state index < -0.39 is 0 Å². The van der Waals surface area contributed by atoms with Crippen LogP contribution in [0, 0.1) is 6.92 Å². The van der Waals surface area contributed by atoms with Crippen LogP contribution < -0.4 is 0 Å². The van der Waals surface area contributed by atoms with Crippen molar-refractivity contribution in [2.45, 2.75) is 6.92 Å². The zero-order valence-corrected chi connectivity index (χ0v) is 11.6. The molecule has 0 bridgehead atoms. The molecule has 0 saturated carbocycles. The molecule has 0 unspecified atom stereocenters. The van der Waals surface area contributed by atoms with Gasteiger partial charge in [0.15, 0.2) is 0 Å². The number of nitrogens with zero attached hydrogens (tertiary/aromatic N) is 1. The Morgan fingerprint density at radius 2 is 1.72 bits per heavy atom. The number of benzene rings is 2. The largest absolute Gasteiger partial charge is 0.256 e. The lowest BCUT2D eigenvalue weighted by molar-refractivity contribution is 1.35. The van der Waals surface area contributed by atoms with E-state index in [1.807, 2.05) is 18.3 Å². The molecule has 3 aromatic rings. The van der Waals surface area contributed by atoms with Crippen molar-refractivity contribution < 1.29 is 0 Å². The average molecular weight is 298 g/mol. The summed E-state index contributed by atoms with van der Waals surface area (Å²) in [6.07, 6.45) is 1.87. The molecule has 0 N–H and O–H groups in total. The summed E-state index contributed by atoms with van der Waals surface area (Å²) < 4.78 is 1.09. The zero-order chi connectivity index (χ0) is 12.5. The van der Waals surface area contributed by atoms with Gasteiger partial charge in [0.2, 0.25) is 0 Å². The molecule has 0 atom stereocenters. The Kier molecular flexibility index (Phi) is 2.88. The maximum absolute atomic E-state index is 4.52. The van der Waals surface area contributed by atoms with Crippen molar-refractivity contribution in [1.29, 1.82) is 0 Å². The lowest BCUT2D eigenvalue weighted by atomic mass is 10.0. The molecule has 1 aromatic heterocycles. The van der Waals surface area contributed by atoms with Crippen LogP contribution in [0.5, 0.6) is 0 Å². The Hall–Kier alpha value is -1.67. The average Bonchev–Trinajstić information content (AvgIpc) is 2.38. The predicted molar refractivity (Wildman–Crippen MR) is 79.6 cm³/mol. The number of pyridine rings is 1. The first-order valence-electron chi connectivity index (χ1n) is 5.85. The van der Waals surface area contributed by atoms with Gasteiger partial charge in [-0.2, -0.15) is 0 Å². The van der Waals surface area contributed by atoms with E-state index in [0.717, 1.165) is 15.7 Å². The third-order valence-electron chi connectivity index (χ3n) is 3.04. The Labute approximate surface area is 115 Å². The van der Waals surface area contributed by atoms with E-state index in [4.69, 9.17) is 0 Å². The van der Waals surface area contributed by atoms with Crippen molar-refractivity contribution in [3.05, 3.63) is 64.8 Å². The maximum Gasteiger partial charge on any atom is 0.0780 e. The summed E-state index contributed by atoms with van der Waals surface area (Å²) in [6.45, 7) is 2.11. The van der Waals surface area contributed by atoms with Crippen molar-refractivity contribution in [3.8, 4) is 11.3 Å². The fraction of sp³-hybridized carbons (Fsp3) is 0.0625. The van der Waals surface area contributed by atoms with Crippen LogP contribution in [0.15, 0.2) is 59.2 Å². The zero-order valence-electron chi connectivity index (χ0n) is 10.0. The van der Waals surface area contributed by atoms with E-state index in [9.17, 15) is 0 Å². The number of aromatic nitrogens is 1. The summed E-state index contributed by atoms with van der Waals surface area (Å²) in [5.74, 6) is 0. The number of hydrogen-bond acceptors (Lipinski definition) is 1. The molecule has 1 nitrogen and oxygen atoms in total. The van der Waals surface area contributed by atoms with Crippen LogP contribution in [0.1, 0.15) is 5.56 Å². The molecule has 0 spiro atoms. The van der Waals surface area contributed by atoms with E-state index >= 15 is 0 Å². The van der Waals surface area contributed by atoms with Crippen LogP contribution in [-0.4, -0.2) is 4.98 Å². The second kappa shape index (κ2) is 4.54. The summed E-state index contributed by atoms with van der Waals surface area (Å²) in [4.78, 5) is 4.52. The van der Waals surface area contributed by atoms with Crippen LogP contribution >= 0.6 is 15.9 Å². The highest BCUT2D eigenvalue weighted by molar-refractivity contribution is 9.10. The fourth-order valence-corrected chi connectivity index (χ4v) is 2.40. The van der Waals surface area contributed by atoms with Crippen molar-refractivity contribution in [2.24, 2.45) is 0 Å². The Morgan fingerprint density at radius 3 is 2.50 bits per heavy atom. The number of rotatable bonds is 1. The van der Waals surface area contributed by atoms with E-state index in [2.05, 4.69) is 64.2 Å². The number of halogens is 1. The molecule has 2 aromatic carbocycles. The molecule has 2 heteroatoms. The molecule has 0 fully saturated rings. The molecule has 3 rings (SSSR count). The topological polar surface area (TPSA) is 12.9 Å². The third kappa shape index (κ3) is 2.04. The van der Waals surface area contributed by atoms with Gasteiger partial charge in [-0.05, 0) is 30.5 Å². The number of fused-ring (bicyclic) bond motifs is 1. The van der Waals surface area contributed by atoms with E-state index in [1.54, 1.807) is 0 Å². The van der Waals surface area contributed by atoms with Crippen molar-refractivity contribution in [3.63, 3.8) is 0 Å². The van der Waals surface area contributed by atoms with Gasteiger partial charge in [-0.25, -0.2) is 0 Å². The first kappa shape index (κ1) is 11.4. The fourth-order valence-electron chi connectivity index (χ4n) is 2.14. The standard InChI is InChI=1S/C16H12BrN/c1-11-2-7-15-13(10-11)8-9-18-16(15)12-3-5-14(17)6-4-12/h2-10H,1H3. The highest BCUT2D eigenvalue weighted by Gasteiger charge is 2.05. The highest BCUT2D eigenvalue weighted by Crippen LogP contribution is 2.27. The van der Waals surface area contributed by atoms with Gasteiger partial charge in [-0.1, -0.05) is 51.8 Å². The SMILES string of the molecule is Cc1ccc2c(-c3ccc(Br)cc3)nccc2c1. The van der Waals surface area contributed by atoms with Crippen LogP contribution in [0.3, 0.4) is 0 Å². The molecule has 18 heavy (non-hydrogen) atoms. The quantitative estimate of drug-likeness (QED) is 0.618. The van der Waals surface area contributed by atoms with Gasteiger partial charge in [-0.3, -0.25) is 4.98 Å². The summed E-state index contributed by atoms with van der Waals surface area (Å²) in [7, 11) is 0. The second-order valence-electron chi connectivity index (χ2n) is 4.39. The van der Waals surface area contributed by atoms with Crippen LogP contribution in [0.2, 0.25) is 0 Å². The third-order valence-corrected chi connectivity index (χ3v) is 3.57. The monoisotopic (exact) mass is 297 g/mol. The van der Waals surface area contributed by atoms with Gasteiger partial charge in [0.05, 0.1) is 5.69 Å². The molecule has 88 valence electrons. The van der Waals surface area contributed by atoms with Crippen LogP contribution in [-0.2, 0) is 0 Å². The number of hydrogen-bond donors (Lipinski definition) is 0. The van der Waals surface area contributed by atoms with Gasteiger partial charge in [0, 0.05) is 21.6 Å². The van der Waals surface area contributed by atoms with E-state index in [1.165, 1.54) is 16.3 Å². The number of aryl methyl sites for hydroxylation is 1. The Bertz CT molecular complexity index is 702. The smallest absolute Gasteiger partial charge is 0.0780 e. The lowest BCUT2D eigenvalue weighted by Crippen LogP contribution is -1.86. The lowest BCUT2D eigenvalue weighted by Gasteiger charge is -2.06. The highest BCUT2D eigenvalue weighted by atomic mass is 79.9. The van der Waals surface area contributed by atoms with Crippen molar-refractivity contribution >= 4 is 26.7 Å². The van der Waals surface area contributed by atoms with E-state index in [-0.39, 0.29) is 0 Å². The first-order chi connectivity index (χ1) is 8.74. The maximum atomic E-state index is 4.52. The van der Waals surface area contributed by atoms with Crippen molar-refractivity contribution in [1.82, 2.24) is 4.98 Å². The van der Waals surface area contributed by atoms with Gasteiger partial charge in [0.1, 0.15) is 0 Å². The molecule has 0 aliphatic rings. The minimum absolute atomic E-state index is 1.04. The summed E-state index contributed by atoms with van der Waals surface area (Å²) >= 11 is 3.46. The Balaban J connectivity index is 2.26. The minimum Gasteiger partial charge on any atom is -0.256 e. The summed E-state index contributed by atoms with van der Waals surface area (Å²) in [5, 5.41) is 2.44. The van der Waals surface area contributed by atoms with Gasteiger partial charge in [-0.15, -0.1) is 0 Å². The predicted octanol–water partition coefficient (Wildman–Crippen LogP) is 4.97. The first-order valence-corrected chi connectivity index (χ1v) is 6.65. The van der Waals surface area contributed by atoms with Crippen LogP contribution in [0.4, 0.5) is 0 Å². The van der Waals surface area contributed by atoms with Gasteiger partial charge in [0.25, 0.3) is 0 Å². The van der Waals surface area contributed by atoms with Gasteiger partial charge >= 0.3 is 0 Å². The molecule has 0 amide bonds. The normalized spacial score (nSPS) is 10.8. The molecular weight excluding hydrogens is 286 g/mol. The molecule has 0 aliphatic carbocycles. The summed E-state index contributed by atoms with van der Waals surface area (Å²) in [6, 6.07) is 16.8. The minimum atomic E-state index is 1.04. The van der Waals surface area contributed by atoms with Crippen molar-refractivity contribution in [2.75, 3.05) is 0 Å². The van der Waals surface area contributed by atoms with Crippen LogP contribution in [0.25, 0.3) is 22.0 Å². The molecule has 1 heterocycles. The molecule has 0 aliphatic heterocycles. The molecule has 0 radical (unpaired) electrons. The molecular formula is C16H12BrN. The Morgan fingerprint density at radius 1 is 0.944 bits per heavy atom. The summed E-state index contributed by atoms with van der Waals surface area (Å²) in [5.41, 5.74) is 3.46. The van der Waals surface area contributed by atoms with Gasteiger partial charge < -0.3 is 0 Å². The van der Waals surface area contributed by atoms with E-state index in [0.29, 0.717) is 0 Å². The molecule has 0 saturated heterocycles. The second-order valence-corrected chi connectivity index (χ2v) is 5.31.